The Balaban J connectivity index is 1.85. The molecular weight excluding hydrogens is 238 g/mol. The van der Waals surface area contributed by atoms with Gasteiger partial charge >= 0.3 is 0 Å². The SMILES string of the molecule is CC1CCC(CNC(=O)c2cncc(Cl)n2)C1. The molecule has 1 heterocycles. The molecule has 0 aromatic carbocycles. The minimum absolute atomic E-state index is 0.195. The van der Waals surface area contributed by atoms with E-state index in [0.717, 1.165) is 12.5 Å². The van der Waals surface area contributed by atoms with Gasteiger partial charge in [-0.15, -0.1) is 0 Å². The van der Waals surface area contributed by atoms with E-state index in [4.69, 9.17) is 11.6 Å². The topological polar surface area (TPSA) is 54.9 Å². The van der Waals surface area contributed by atoms with Crippen LogP contribution >= 0.6 is 11.6 Å². The van der Waals surface area contributed by atoms with E-state index in [-0.39, 0.29) is 16.8 Å². The summed E-state index contributed by atoms with van der Waals surface area (Å²) < 4.78 is 0. The van der Waals surface area contributed by atoms with Crippen LogP contribution in [0.2, 0.25) is 5.15 Å². The molecule has 0 saturated heterocycles. The molecule has 2 unspecified atom stereocenters. The van der Waals surface area contributed by atoms with Crippen LogP contribution < -0.4 is 5.32 Å². The lowest BCUT2D eigenvalue weighted by Crippen LogP contribution is -2.29. The molecule has 4 nitrogen and oxygen atoms in total. The first-order chi connectivity index (χ1) is 8.15. The highest BCUT2D eigenvalue weighted by atomic mass is 35.5. The molecular formula is C12H16ClN3O. The Morgan fingerprint density at radius 2 is 2.35 bits per heavy atom. The number of carbonyl (C=O) groups is 1. The molecule has 1 fully saturated rings. The number of carbonyl (C=O) groups excluding carboxylic acids is 1. The third kappa shape index (κ3) is 3.40. The molecule has 0 bridgehead atoms. The molecule has 0 radical (unpaired) electrons. The van der Waals surface area contributed by atoms with Crippen molar-refractivity contribution in [1.29, 1.82) is 0 Å². The van der Waals surface area contributed by atoms with Crippen LogP contribution in [0.15, 0.2) is 12.4 Å². The molecule has 0 spiro atoms. The zero-order valence-corrected chi connectivity index (χ0v) is 10.6. The van der Waals surface area contributed by atoms with Gasteiger partial charge in [0.2, 0.25) is 0 Å². The lowest BCUT2D eigenvalue weighted by molar-refractivity contribution is 0.0941. The second-order valence-corrected chi connectivity index (χ2v) is 5.11. The molecule has 0 aliphatic heterocycles. The number of halogens is 1. The number of amides is 1. The Hall–Kier alpha value is -1.16. The fourth-order valence-corrected chi connectivity index (χ4v) is 2.44. The van der Waals surface area contributed by atoms with Crippen molar-refractivity contribution >= 4 is 17.5 Å². The first-order valence-corrected chi connectivity index (χ1v) is 6.28. The molecule has 1 aromatic heterocycles. The van der Waals surface area contributed by atoms with E-state index in [1.54, 1.807) is 0 Å². The third-order valence-electron chi connectivity index (χ3n) is 3.19. The van der Waals surface area contributed by atoms with Crippen molar-refractivity contribution in [1.82, 2.24) is 15.3 Å². The van der Waals surface area contributed by atoms with Crippen molar-refractivity contribution in [2.75, 3.05) is 6.54 Å². The molecule has 5 heteroatoms. The summed E-state index contributed by atoms with van der Waals surface area (Å²) in [5.74, 6) is 1.18. The molecule has 1 N–H and O–H groups in total. The summed E-state index contributed by atoms with van der Waals surface area (Å²) in [5, 5.41) is 3.13. The lowest BCUT2D eigenvalue weighted by atomic mass is 10.1. The fourth-order valence-electron chi connectivity index (χ4n) is 2.29. The van der Waals surface area contributed by atoms with Crippen LogP contribution in [0.25, 0.3) is 0 Å². The predicted molar refractivity (Wildman–Crippen MR) is 65.9 cm³/mol. The fraction of sp³-hybridized carbons (Fsp3) is 0.583. The molecule has 2 atom stereocenters. The van der Waals surface area contributed by atoms with Gasteiger partial charge in [-0.1, -0.05) is 24.9 Å². The van der Waals surface area contributed by atoms with Gasteiger partial charge in [-0.25, -0.2) is 4.98 Å². The normalized spacial score (nSPS) is 23.6. The van der Waals surface area contributed by atoms with E-state index < -0.39 is 0 Å². The quantitative estimate of drug-likeness (QED) is 0.899. The Kier molecular flexibility index (Phi) is 3.94. The van der Waals surface area contributed by atoms with E-state index in [1.165, 1.54) is 31.7 Å². The smallest absolute Gasteiger partial charge is 0.271 e. The van der Waals surface area contributed by atoms with Crippen LogP contribution in [0.1, 0.15) is 36.7 Å². The van der Waals surface area contributed by atoms with E-state index >= 15 is 0 Å². The van der Waals surface area contributed by atoms with Crippen molar-refractivity contribution in [2.45, 2.75) is 26.2 Å². The zero-order chi connectivity index (χ0) is 12.3. The minimum Gasteiger partial charge on any atom is -0.350 e. The standard InChI is InChI=1S/C12H16ClN3O/c1-8-2-3-9(4-8)5-15-12(17)10-6-14-7-11(13)16-10/h6-9H,2-5H2,1H3,(H,15,17). The molecule has 1 saturated carbocycles. The molecule has 1 aliphatic rings. The number of rotatable bonds is 3. The first-order valence-electron chi connectivity index (χ1n) is 5.91. The summed E-state index contributed by atoms with van der Waals surface area (Å²) in [6.45, 7) is 2.97. The molecule has 92 valence electrons. The predicted octanol–water partition coefficient (Wildman–Crippen LogP) is 2.30. The highest BCUT2D eigenvalue weighted by Crippen LogP contribution is 2.29. The Morgan fingerprint density at radius 1 is 1.53 bits per heavy atom. The maximum Gasteiger partial charge on any atom is 0.271 e. The number of hydrogen-bond donors (Lipinski definition) is 1. The number of aromatic nitrogens is 2. The monoisotopic (exact) mass is 253 g/mol. The van der Waals surface area contributed by atoms with Gasteiger partial charge in [0.1, 0.15) is 10.8 Å². The van der Waals surface area contributed by atoms with Gasteiger partial charge in [-0.05, 0) is 24.7 Å². The van der Waals surface area contributed by atoms with Crippen LogP contribution in [-0.4, -0.2) is 22.4 Å². The second kappa shape index (κ2) is 5.45. The largest absolute Gasteiger partial charge is 0.350 e. The van der Waals surface area contributed by atoms with E-state index in [2.05, 4.69) is 22.2 Å². The summed E-state index contributed by atoms with van der Waals surface area (Å²) in [4.78, 5) is 19.5. The Labute approximate surface area is 106 Å². The van der Waals surface area contributed by atoms with Crippen molar-refractivity contribution in [3.63, 3.8) is 0 Å². The zero-order valence-electron chi connectivity index (χ0n) is 9.82. The van der Waals surface area contributed by atoms with Gasteiger partial charge in [0.05, 0.1) is 12.4 Å². The van der Waals surface area contributed by atoms with Gasteiger partial charge in [0.25, 0.3) is 5.91 Å². The molecule has 17 heavy (non-hydrogen) atoms. The maximum absolute atomic E-state index is 11.8. The minimum atomic E-state index is -0.195. The Bertz CT molecular complexity index is 410. The van der Waals surface area contributed by atoms with Crippen molar-refractivity contribution in [3.05, 3.63) is 23.2 Å². The summed E-state index contributed by atoms with van der Waals surface area (Å²) >= 11 is 5.68. The average Bonchev–Trinajstić information content (AvgIpc) is 2.72. The van der Waals surface area contributed by atoms with Crippen LogP contribution in [0.5, 0.6) is 0 Å². The van der Waals surface area contributed by atoms with Crippen LogP contribution in [0.4, 0.5) is 0 Å². The molecule has 1 amide bonds. The summed E-state index contributed by atoms with van der Waals surface area (Å²) in [6, 6.07) is 0. The summed E-state index contributed by atoms with van der Waals surface area (Å²) in [5.41, 5.74) is 0.281. The maximum atomic E-state index is 11.8. The molecule has 1 aromatic rings. The van der Waals surface area contributed by atoms with Crippen LogP contribution in [-0.2, 0) is 0 Å². The van der Waals surface area contributed by atoms with Crippen LogP contribution in [0.3, 0.4) is 0 Å². The van der Waals surface area contributed by atoms with Gasteiger partial charge in [-0.3, -0.25) is 9.78 Å². The van der Waals surface area contributed by atoms with E-state index in [9.17, 15) is 4.79 Å². The third-order valence-corrected chi connectivity index (χ3v) is 3.37. The van der Waals surface area contributed by atoms with Gasteiger partial charge in [0.15, 0.2) is 0 Å². The highest BCUT2D eigenvalue weighted by molar-refractivity contribution is 6.29. The average molecular weight is 254 g/mol. The number of nitrogens with zero attached hydrogens (tertiary/aromatic N) is 2. The van der Waals surface area contributed by atoms with Crippen molar-refractivity contribution < 1.29 is 4.79 Å². The summed E-state index contributed by atoms with van der Waals surface area (Å²) in [7, 11) is 0. The number of hydrogen-bond acceptors (Lipinski definition) is 3. The summed E-state index contributed by atoms with van der Waals surface area (Å²) in [6.07, 6.45) is 6.50. The lowest BCUT2D eigenvalue weighted by Gasteiger charge is -2.10. The number of nitrogens with one attached hydrogen (secondary N) is 1. The first kappa shape index (κ1) is 12.3. The van der Waals surface area contributed by atoms with Gasteiger partial charge in [-0.2, -0.15) is 0 Å². The highest BCUT2D eigenvalue weighted by Gasteiger charge is 2.21. The second-order valence-electron chi connectivity index (χ2n) is 4.72. The van der Waals surface area contributed by atoms with E-state index in [1.807, 2.05) is 0 Å². The van der Waals surface area contributed by atoms with Crippen molar-refractivity contribution in [3.8, 4) is 0 Å². The van der Waals surface area contributed by atoms with Crippen molar-refractivity contribution in [2.24, 2.45) is 11.8 Å². The molecule has 2 rings (SSSR count). The van der Waals surface area contributed by atoms with Gasteiger partial charge < -0.3 is 5.32 Å². The Morgan fingerprint density at radius 3 is 3.00 bits per heavy atom. The van der Waals surface area contributed by atoms with E-state index in [0.29, 0.717) is 5.92 Å². The van der Waals surface area contributed by atoms with Crippen LogP contribution in [0, 0.1) is 11.8 Å². The molecule has 1 aliphatic carbocycles. The van der Waals surface area contributed by atoms with Gasteiger partial charge in [0, 0.05) is 6.54 Å².